The molecule has 1 saturated carbocycles. The molecule has 4 atom stereocenters. The number of amides is 2. The molecule has 1 aromatic carbocycles. The van der Waals surface area contributed by atoms with Gasteiger partial charge >= 0.3 is 6.18 Å². The zero-order valence-electron chi connectivity index (χ0n) is 11.7. The number of imide groups is 1. The number of carbonyl (C=O) groups excluding carboxylic acids is 2. The number of nitrogens with zero attached hydrogens (tertiary/aromatic N) is 1. The van der Waals surface area contributed by atoms with Gasteiger partial charge in [0.05, 0.1) is 28.1 Å². The molecule has 0 unspecified atom stereocenters. The van der Waals surface area contributed by atoms with Crippen LogP contribution in [-0.4, -0.2) is 11.8 Å². The van der Waals surface area contributed by atoms with Crippen LogP contribution in [0.1, 0.15) is 12.0 Å². The van der Waals surface area contributed by atoms with E-state index in [1.807, 2.05) is 12.2 Å². The van der Waals surface area contributed by atoms with E-state index in [2.05, 4.69) is 0 Å². The van der Waals surface area contributed by atoms with Crippen LogP contribution in [0.3, 0.4) is 0 Å². The number of rotatable bonds is 1. The van der Waals surface area contributed by atoms with Crippen LogP contribution in [0.2, 0.25) is 5.02 Å². The van der Waals surface area contributed by atoms with Gasteiger partial charge in [-0.2, -0.15) is 13.2 Å². The van der Waals surface area contributed by atoms with Crippen molar-refractivity contribution in [3.05, 3.63) is 40.9 Å². The highest BCUT2D eigenvalue weighted by atomic mass is 35.5. The SMILES string of the molecule is O=C1[C@H]2[C@H](C(=O)N1c1ccc(Cl)c(C(F)(F)F)c1)[C@H]1C=C[C@H]2C1. The summed E-state index contributed by atoms with van der Waals surface area (Å²) in [6.45, 7) is 0. The first-order valence-corrected chi connectivity index (χ1v) is 7.59. The van der Waals surface area contributed by atoms with Crippen molar-refractivity contribution < 1.29 is 22.8 Å². The molecule has 2 bridgehead atoms. The fourth-order valence-corrected chi connectivity index (χ4v) is 4.25. The zero-order chi connectivity index (χ0) is 16.5. The largest absolute Gasteiger partial charge is 0.417 e. The van der Waals surface area contributed by atoms with E-state index in [4.69, 9.17) is 11.6 Å². The molecule has 4 rings (SSSR count). The molecule has 1 aromatic rings. The van der Waals surface area contributed by atoms with Gasteiger partial charge in [-0.3, -0.25) is 14.5 Å². The second-order valence-corrected chi connectivity index (χ2v) is 6.58. The molecular weight excluding hydrogens is 331 g/mol. The summed E-state index contributed by atoms with van der Waals surface area (Å²) in [6, 6.07) is 3.12. The van der Waals surface area contributed by atoms with Crippen LogP contribution in [0.5, 0.6) is 0 Å². The number of hydrogen-bond donors (Lipinski definition) is 0. The summed E-state index contributed by atoms with van der Waals surface area (Å²) >= 11 is 5.59. The van der Waals surface area contributed by atoms with Crippen molar-refractivity contribution in [2.75, 3.05) is 4.90 Å². The number of fused-ring (bicyclic) bond motifs is 5. The number of halogens is 4. The second-order valence-electron chi connectivity index (χ2n) is 6.17. The van der Waals surface area contributed by atoms with Gasteiger partial charge in [0.15, 0.2) is 0 Å². The quantitative estimate of drug-likeness (QED) is 0.577. The van der Waals surface area contributed by atoms with Gasteiger partial charge in [0, 0.05) is 0 Å². The van der Waals surface area contributed by atoms with E-state index in [0.29, 0.717) is 0 Å². The van der Waals surface area contributed by atoms with Gasteiger partial charge in [0.2, 0.25) is 11.8 Å². The van der Waals surface area contributed by atoms with Crippen LogP contribution in [0.4, 0.5) is 18.9 Å². The van der Waals surface area contributed by atoms with Crippen LogP contribution >= 0.6 is 11.6 Å². The zero-order valence-corrected chi connectivity index (χ0v) is 12.4. The van der Waals surface area contributed by atoms with E-state index >= 15 is 0 Å². The van der Waals surface area contributed by atoms with Crippen LogP contribution in [-0.2, 0) is 15.8 Å². The number of anilines is 1. The van der Waals surface area contributed by atoms with E-state index < -0.39 is 40.4 Å². The van der Waals surface area contributed by atoms with Gasteiger partial charge in [-0.25, -0.2) is 0 Å². The molecule has 3 nitrogen and oxygen atoms in total. The first-order chi connectivity index (χ1) is 10.8. The predicted octanol–water partition coefficient (Wildman–Crippen LogP) is 3.67. The fraction of sp³-hybridized carbons (Fsp3) is 0.375. The molecule has 7 heteroatoms. The lowest BCUT2D eigenvalue weighted by molar-refractivity contribution is -0.137. The summed E-state index contributed by atoms with van der Waals surface area (Å²) in [5, 5.41) is -0.456. The van der Waals surface area contributed by atoms with Gasteiger partial charge < -0.3 is 0 Å². The Morgan fingerprint density at radius 2 is 1.61 bits per heavy atom. The van der Waals surface area contributed by atoms with Crippen LogP contribution in [0.15, 0.2) is 30.4 Å². The molecule has 2 fully saturated rings. The maximum absolute atomic E-state index is 13.0. The van der Waals surface area contributed by atoms with Crippen molar-refractivity contribution in [3.8, 4) is 0 Å². The number of benzene rings is 1. The molecule has 1 heterocycles. The maximum atomic E-state index is 13.0. The Labute approximate surface area is 134 Å². The highest BCUT2D eigenvalue weighted by molar-refractivity contribution is 6.31. The summed E-state index contributed by atoms with van der Waals surface area (Å²) in [4.78, 5) is 26.1. The highest BCUT2D eigenvalue weighted by Crippen LogP contribution is 2.53. The first-order valence-electron chi connectivity index (χ1n) is 7.22. The Hall–Kier alpha value is -1.82. The van der Waals surface area contributed by atoms with Crippen LogP contribution < -0.4 is 4.90 Å². The van der Waals surface area contributed by atoms with Crippen LogP contribution in [0.25, 0.3) is 0 Å². The standard InChI is InChI=1S/C16H11ClF3NO2/c17-11-4-3-9(6-10(11)16(18,19)20)21-14(22)12-7-1-2-8(5-7)13(12)15(21)23/h1-4,6-8,12-13H,5H2/t7-,8-,12+,13+/m0/s1. The van der Waals surface area contributed by atoms with Gasteiger partial charge in [-0.1, -0.05) is 23.8 Å². The van der Waals surface area contributed by atoms with Crippen molar-refractivity contribution in [1.29, 1.82) is 0 Å². The molecular formula is C16H11ClF3NO2. The minimum atomic E-state index is -4.64. The third-order valence-corrected chi connectivity index (χ3v) is 5.31. The third kappa shape index (κ3) is 1.97. The minimum absolute atomic E-state index is 0.0147. The van der Waals surface area contributed by atoms with Gasteiger partial charge in [-0.05, 0) is 36.5 Å². The average molecular weight is 342 g/mol. The van der Waals surface area contributed by atoms with Crippen molar-refractivity contribution in [3.63, 3.8) is 0 Å². The molecule has 1 saturated heterocycles. The van der Waals surface area contributed by atoms with Crippen LogP contribution in [0, 0.1) is 23.7 Å². The molecule has 3 aliphatic rings. The molecule has 0 spiro atoms. The number of alkyl halides is 3. The Bertz CT molecular complexity index is 728. The Morgan fingerprint density at radius 1 is 1.04 bits per heavy atom. The van der Waals surface area contributed by atoms with E-state index in [9.17, 15) is 22.8 Å². The lowest BCUT2D eigenvalue weighted by atomic mass is 9.85. The summed E-state index contributed by atoms with van der Waals surface area (Å²) in [5.41, 5.74) is -1.11. The average Bonchev–Trinajstić information content (AvgIpc) is 3.13. The molecule has 2 amide bonds. The lowest BCUT2D eigenvalue weighted by Gasteiger charge is -2.19. The summed E-state index contributed by atoms with van der Waals surface area (Å²) in [6.07, 6.45) is -0.00250. The minimum Gasteiger partial charge on any atom is -0.274 e. The summed E-state index contributed by atoms with van der Waals surface area (Å²) in [7, 11) is 0. The Morgan fingerprint density at radius 3 is 2.13 bits per heavy atom. The monoisotopic (exact) mass is 341 g/mol. The first kappa shape index (κ1) is 14.8. The molecule has 120 valence electrons. The van der Waals surface area contributed by atoms with Gasteiger partial charge in [0.1, 0.15) is 0 Å². The van der Waals surface area contributed by atoms with Crippen molar-refractivity contribution in [1.82, 2.24) is 0 Å². The van der Waals surface area contributed by atoms with E-state index in [0.717, 1.165) is 23.5 Å². The molecule has 0 N–H and O–H groups in total. The Balaban J connectivity index is 1.75. The number of hydrogen-bond acceptors (Lipinski definition) is 2. The fourth-order valence-electron chi connectivity index (χ4n) is 4.03. The lowest BCUT2D eigenvalue weighted by Crippen LogP contribution is -2.33. The summed E-state index contributed by atoms with van der Waals surface area (Å²) in [5.74, 6) is -1.67. The van der Waals surface area contributed by atoms with E-state index in [1.165, 1.54) is 6.07 Å². The Kier molecular flexibility index (Phi) is 2.95. The van der Waals surface area contributed by atoms with Crippen molar-refractivity contribution in [2.45, 2.75) is 12.6 Å². The predicted molar refractivity (Wildman–Crippen MR) is 76.7 cm³/mol. The highest BCUT2D eigenvalue weighted by Gasteiger charge is 2.59. The third-order valence-electron chi connectivity index (χ3n) is 4.98. The maximum Gasteiger partial charge on any atom is 0.417 e. The number of carbonyl (C=O) groups is 2. The van der Waals surface area contributed by atoms with Gasteiger partial charge in [0.25, 0.3) is 0 Å². The topological polar surface area (TPSA) is 37.4 Å². The van der Waals surface area contributed by atoms with Crippen molar-refractivity contribution >= 4 is 29.1 Å². The van der Waals surface area contributed by atoms with E-state index in [-0.39, 0.29) is 17.5 Å². The molecule has 0 aromatic heterocycles. The number of allylic oxidation sites excluding steroid dienone is 2. The normalized spacial score (nSPS) is 32.1. The van der Waals surface area contributed by atoms with Crippen molar-refractivity contribution in [2.24, 2.45) is 23.7 Å². The molecule has 0 radical (unpaired) electrons. The summed E-state index contributed by atoms with van der Waals surface area (Å²) < 4.78 is 39.0. The molecule has 2 aliphatic carbocycles. The molecule has 1 aliphatic heterocycles. The van der Waals surface area contributed by atoms with E-state index in [1.54, 1.807) is 0 Å². The van der Waals surface area contributed by atoms with Gasteiger partial charge in [-0.15, -0.1) is 0 Å². The molecule has 23 heavy (non-hydrogen) atoms. The second kappa shape index (κ2) is 4.60. The smallest absolute Gasteiger partial charge is 0.274 e.